The standard InChI is InChI=1S/C38H58N8O10S/c1-7-21(6)31(40)37(55)44-25(16-29(39)47)34(52)46-28-18-57-38(56)27(14-20(4)5)45-32(50)23(13-19(2)3)41-33(51)24(15-22-11-9-8-10-12-22)42-35(53)26(17-30(48)49)43-36(28)54/h8-12,19-21,23-28,31H,7,13-18,40H2,1-6H3,(H2,39,47)(H,41,51)(H,42,53)(H,43,54)(H,44,55)(H,45,50)(H,46,52)(H,48,49)/t21-,23+,24+,25+,26+,27+,28+,31-/m1/s1. The molecule has 0 aromatic heterocycles. The summed E-state index contributed by atoms with van der Waals surface area (Å²) < 4.78 is 0. The van der Waals surface area contributed by atoms with E-state index < -0.39 is 113 Å². The van der Waals surface area contributed by atoms with Gasteiger partial charge in [0.2, 0.25) is 46.5 Å². The third-order valence-electron chi connectivity index (χ3n) is 9.20. The zero-order chi connectivity index (χ0) is 43.0. The molecular formula is C38H58N8O10S. The number of primary amides is 1. The summed E-state index contributed by atoms with van der Waals surface area (Å²) >= 11 is 0.570. The highest BCUT2D eigenvalue weighted by atomic mass is 32.2. The average molecular weight is 819 g/mol. The Morgan fingerprint density at radius 3 is 1.88 bits per heavy atom. The molecule has 0 radical (unpaired) electrons. The van der Waals surface area contributed by atoms with Gasteiger partial charge in [-0.05, 0) is 36.2 Å². The minimum Gasteiger partial charge on any atom is -0.481 e. The Balaban J connectivity index is 2.65. The molecule has 316 valence electrons. The maximum absolute atomic E-state index is 13.9. The van der Waals surface area contributed by atoms with Crippen LogP contribution in [-0.4, -0.2) is 106 Å². The fourth-order valence-electron chi connectivity index (χ4n) is 5.83. The summed E-state index contributed by atoms with van der Waals surface area (Å²) in [6.07, 6.45) is -0.878. The molecule has 1 aromatic carbocycles. The Kier molecular flexibility index (Phi) is 19.6. The van der Waals surface area contributed by atoms with Crippen LogP contribution in [-0.2, 0) is 49.6 Å². The van der Waals surface area contributed by atoms with E-state index in [-0.39, 0.29) is 37.0 Å². The maximum Gasteiger partial charge on any atom is 0.305 e. The van der Waals surface area contributed by atoms with Gasteiger partial charge >= 0.3 is 5.97 Å². The van der Waals surface area contributed by atoms with Gasteiger partial charge in [0.25, 0.3) is 0 Å². The third-order valence-corrected chi connectivity index (χ3v) is 10.3. The van der Waals surface area contributed by atoms with E-state index in [4.69, 9.17) is 11.5 Å². The number of amides is 7. The average Bonchev–Trinajstić information content (AvgIpc) is 3.13. The first-order valence-electron chi connectivity index (χ1n) is 19.0. The summed E-state index contributed by atoms with van der Waals surface area (Å²) in [5, 5.41) is 24.2. The van der Waals surface area contributed by atoms with Crippen LogP contribution in [0.1, 0.15) is 79.2 Å². The lowest BCUT2D eigenvalue weighted by molar-refractivity contribution is -0.141. The first kappa shape index (κ1) is 48.1. The van der Waals surface area contributed by atoms with E-state index in [9.17, 15) is 48.3 Å². The highest BCUT2D eigenvalue weighted by Crippen LogP contribution is 2.17. The van der Waals surface area contributed by atoms with Crippen molar-refractivity contribution >= 4 is 64.2 Å². The Morgan fingerprint density at radius 1 is 0.789 bits per heavy atom. The van der Waals surface area contributed by atoms with Crippen molar-refractivity contribution in [1.29, 1.82) is 0 Å². The summed E-state index contributed by atoms with van der Waals surface area (Å²) in [5.41, 5.74) is 12.0. The van der Waals surface area contributed by atoms with Gasteiger partial charge in [-0.2, -0.15) is 0 Å². The molecule has 1 fully saturated rings. The lowest BCUT2D eigenvalue weighted by Gasteiger charge is -2.29. The molecule has 1 heterocycles. The highest BCUT2D eigenvalue weighted by molar-refractivity contribution is 8.13. The maximum atomic E-state index is 13.9. The fourth-order valence-corrected chi connectivity index (χ4v) is 6.75. The molecule has 18 nitrogen and oxygen atoms in total. The molecule has 2 rings (SSSR count). The van der Waals surface area contributed by atoms with E-state index in [1.807, 2.05) is 27.7 Å². The number of benzene rings is 1. The SMILES string of the molecule is CC[C@@H](C)[C@@H](N)C(=O)N[C@@H](CC(N)=O)C(=O)N[C@H]1CSC(=O)[C@H](CC(C)C)NC(=O)[C@H](CC(C)C)NC(=O)[C@H](Cc2ccccc2)NC(=O)[C@H](CC(=O)O)NC1=O. The fraction of sp³-hybridized carbons (Fsp3) is 0.605. The summed E-state index contributed by atoms with van der Waals surface area (Å²) in [7, 11) is 0. The number of carbonyl (C=O) groups excluding carboxylic acids is 8. The van der Waals surface area contributed by atoms with E-state index in [1.165, 1.54) is 0 Å². The second kappa shape index (κ2) is 23.3. The molecule has 11 N–H and O–H groups in total. The summed E-state index contributed by atoms with van der Waals surface area (Å²) in [5.74, 6) is -8.93. The molecule has 1 aliphatic heterocycles. The largest absolute Gasteiger partial charge is 0.481 e. The van der Waals surface area contributed by atoms with Gasteiger partial charge in [0.1, 0.15) is 30.2 Å². The van der Waals surface area contributed by atoms with E-state index in [2.05, 4.69) is 31.9 Å². The van der Waals surface area contributed by atoms with Crippen LogP contribution in [0.25, 0.3) is 0 Å². The van der Waals surface area contributed by atoms with Crippen LogP contribution in [0.5, 0.6) is 0 Å². The number of nitrogens with one attached hydrogen (secondary N) is 6. The Morgan fingerprint density at radius 2 is 1.32 bits per heavy atom. The van der Waals surface area contributed by atoms with Crippen molar-refractivity contribution in [3.05, 3.63) is 35.9 Å². The molecule has 0 spiro atoms. The number of carbonyl (C=O) groups is 9. The third kappa shape index (κ3) is 16.5. The first-order chi connectivity index (χ1) is 26.7. The number of hydrogen-bond acceptors (Lipinski definition) is 11. The molecule has 0 saturated carbocycles. The number of nitrogens with two attached hydrogens (primary N) is 2. The number of carboxylic acid groups (broad SMARTS) is 1. The molecule has 0 bridgehead atoms. The first-order valence-corrected chi connectivity index (χ1v) is 20.0. The minimum atomic E-state index is -1.80. The van der Waals surface area contributed by atoms with Gasteiger partial charge in [-0.1, -0.05) is 90.1 Å². The van der Waals surface area contributed by atoms with Crippen molar-refractivity contribution < 1.29 is 48.3 Å². The van der Waals surface area contributed by atoms with Crippen LogP contribution in [0.2, 0.25) is 0 Å². The van der Waals surface area contributed by atoms with E-state index >= 15 is 0 Å². The summed E-state index contributed by atoms with van der Waals surface area (Å²) in [6.45, 7) is 10.8. The van der Waals surface area contributed by atoms with E-state index in [1.54, 1.807) is 44.2 Å². The molecule has 0 unspecified atom stereocenters. The smallest absolute Gasteiger partial charge is 0.305 e. The predicted octanol–water partition coefficient (Wildman–Crippen LogP) is -0.773. The number of carboxylic acids is 1. The minimum absolute atomic E-state index is 0.0837. The van der Waals surface area contributed by atoms with E-state index in [0.29, 0.717) is 23.7 Å². The second-order valence-corrected chi connectivity index (χ2v) is 16.1. The molecule has 19 heteroatoms. The van der Waals surface area contributed by atoms with E-state index in [0.717, 1.165) is 0 Å². The molecule has 8 atom stereocenters. The van der Waals surface area contributed by atoms with Crippen LogP contribution < -0.4 is 43.4 Å². The highest BCUT2D eigenvalue weighted by Gasteiger charge is 2.37. The molecule has 57 heavy (non-hydrogen) atoms. The molecule has 7 amide bonds. The number of thioether (sulfide) groups is 1. The van der Waals surface area contributed by atoms with Gasteiger partial charge < -0.3 is 48.5 Å². The van der Waals surface area contributed by atoms with Gasteiger partial charge in [-0.15, -0.1) is 0 Å². The van der Waals surface area contributed by atoms with Gasteiger partial charge in [-0.25, -0.2) is 0 Å². The Bertz CT molecular complexity index is 1610. The van der Waals surface area contributed by atoms with Gasteiger partial charge in [-0.3, -0.25) is 43.2 Å². The molecule has 1 saturated heterocycles. The topological polar surface area (TPSA) is 298 Å². The summed E-state index contributed by atoms with van der Waals surface area (Å²) in [4.78, 5) is 120. The van der Waals surface area contributed by atoms with Crippen molar-refractivity contribution in [1.82, 2.24) is 31.9 Å². The summed E-state index contributed by atoms with van der Waals surface area (Å²) in [6, 6.07) is -1.17. The monoisotopic (exact) mass is 818 g/mol. The van der Waals surface area contributed by atoms with Crippen molar-refractivity contribution in [3.8, 4) is 0 Å². The number of rotatable bonds is 16. The van der Waals surface area contributed by atoms with Gasteiger partial charge in [0.15, 0.2) is 0 Å². The molecule has 0 aliphatic carbocycles. The zero-order valence-electron chi connectivity index (χ0n) is 33.3. The van der Waals surface area contributed by atoms with Crippen molar-refractivity contribution in [2.24, 2.45) is 29.2 Å². The van der Waals surface area contributed by atoms with Gasteiger partial charge in [0.05, 0.1) is 24.9 Å². The Hall–Kier alpha value is -5.04. The lowest BCUT2D eigenvalue weighted by Crippen LogP contribution is -2.61. The van der Waals surface area contributed by atoms with Crippen molar-refractivity contribution in [3.63, 3.8) is 0 Å². The van der Waals surface area contributed by atoms with Crippen LogP contribution in [0.3, 0.4) is 0 Å². The molecular weight excluding hydrogens is 761 g/mol. The van der Waals surface area contributed by atoms with Crippen LogP contribution in [0.4, 0.5) is 0 Å². The van der Waals surface area contributed by atoms with Crippen LogP contribution >= 0.6 is 11.8 Å². The van der Waals surface area contributed by atoms with Crippen LogP contribution in [0.15, 0.2) is 30.3 Å². The van der Waals surface area contributed by atoms with Crippen LogP contribution in [0, 0.1) is 17.8 Å². The number of aliphatic carboxylic acids is 1. The second-order valence-electron chi connectivity index (χ2n) is 15.1. The zero-order valence-corrected chi connectivity index (χ0v) is 34.1. The normalized spacial score (nSPS) is 23.0. The molecule has 1 aromatic rings. The van der Waals surface area contributed by atoms with Crippen molar-refractivity contribution in [2.45, 2.75) is 122 Å². The lowest BCUT2D eigenvalue weighted by atomic mass is 9.99. The quantitative estimate of drug-likeness (QED) is 0.0994. The molecule has 1 aliphatic rings. The predicted molar refractivity (Wildman–Crippen MR) is 212 cm³/mol. The van der Waals surface area contributed by atoms with Gasteiger partial charge in [0, 0.05) is 12.2 Å². The Labute approximate surface area is 336 Å². The van der Waals surface area contributed by atoms with Crippen molar-refractivity contribution in [2.75, 3.05) is 5.75 Å². The number of hydrogen-bond donors (Lipinski definition) is 9.